The quantitative estimate of drug-likeness (QED) is 0.769. The molecule has 1 amide bonds. The van der Waals surface area contributed by atoms with Crippen LogP contribution < -0.4 is 5.32 Å². The highest BCUT2D eigenvalue weighted by Crippen LogP contribution is 2.48. The molecular weight excluding hydrogens is 270 g/mol. The average molecular weight is 293 g/mol. The maximum absolute atomic E-state index is 12.5. The lowest BCUT2D eigenvalue weighted by atomic mass is 9.80. The lowest BCUT2D eigenvalue weighted by Crippen LogP contribution is -2.45. The van der Waals surface area contributed by atoms with Crippen molar-refractivity contribution < 1.29 is 19.4 Å². The van der Waals surface area contributed by atoms with E-state index in [1.54, 1.807) is 0 Å². The van der Waals surface area contributed by atoms with E-state index in [9.17, 15) is 14.7 Å². The number of allylic oxidation sites excluding steroid dienone is 2. The maximum atomic E-state index is 12.5. The van der Waals surface area contributed by atoms with E-state index in [0.29, 0.717) is 6.54 Å². The van der Waals surface area contributed by atoms with Gasteiger partial charge in [-0.25, -0.2) is 0 Å². The molecule has 5 heteroatoms. The second-order valence-corrected chi connectivity index (χ2v) is 6.98. The first-order valence-corrected chi connectivity index (χ1v) is 7.77. The van der Waals surface area contributed by atoms with Crippen LogP contribution in [0.25, 0.3) is 0 Å². The number of aliphatic carboxylic acids is 1. The molecule has 5 nitrogen and oxygen atoms in total. The van der Waals surface area contributed by atoms with E-state index in [1.807, 2.05) is 12.2 Å². The summed E-state index contributed by atoms with van der Waals surface area (Å²) in [5.41, 5.74) is 0.0695. The topological polar surface area (TPSA) is 75.6 Å². The van der Waals surface area contributed by atoms with Crippen molar-refractivity contribution in [2.75, 3.05) is 19.8 Å². The third kappa shape index (κ3) is 2.71. The van der Waals surface area contributed by atoms with Crippen molar-refractivity contribution in [3.05, 3.63) is 12.2 Å². The number of amides is 1. The Bertz CT molecular complexity index is 467. The van der Waals surface area contributed by atoms with Gasteiger partial charge in [-0.1, -0.05) is 19.1 Å². The van der Waals surface area contributed by atoms with Crippen LogP contribution in [0.4, 0.5) is 0 Å². The van der Waals surface area contributed by atoms with Crippen molar-refractivity contribution in [3.8, 4) is 0 Å². The second kappa shape index (κ2) is 5.44. The van der Waals surface area contributed by atoms with Gasteiger partial charge >= 0.3 is 5.97 Å². The van der Waals surface area contributed by atoms with Crippen LogP contribution in [0.1, 0.15) is 26.2 Å². The first-order valence-electron chi connectivity index (χ1n) is 7.77. The smallest absolute Gasteiger partial charge is 0.307 e. The van der Waals surface area contributed by atoms with Gasteiger partial charge in [0.1, 0.15) is 0 Å². The standard InChI is InChI=1S/C16H23NO4/c1-16(4-6-21-7-5-16)9-17-14(18)12-10-2-3-11(8-10)13(12)15(19)20/h2-3,10-13H,4-9H2,1H3,(H,17,18)(H,19,20)/t10?,11?,12-,13+/m0/s1. The highest BCUT2D eigenvalue weighted by atomic mass is 16.5. The number of carbonyl (C=O) groups is 2. The van der Waals surface area contributed by atoms with Crippen molar-refractivity contribution in [1.82, 2.24) is 5.32 Å². The number of carboxylic acid groups (broad SMARTS) is 1. The second-order valence-electron chi connectivity index (χ2n) is 6.98. The minimum Gasteiger partial charge on any atom is -0.481 e. The van der Waals surface area contributed by atoms with Gasteiger partial charge in [-0.2, -0.15) is 0 Å². The first-order chi connectivity index (χ1) is 10.0. The summed E-state index contributed by atoms with van der Waals surface area (Å²) in [6.45, 7) is 4.24. The number of hydrogen-bond donors (Lipinski definition) is 2. The summed E-state index contributed by atoms with van der Waals surface area (Å²) >= 11 is 0. The Morgan fingerprint density at radius 3 is 2.48 bits per heavy atom. The van der Waals surface area contributed by atoms with Gasteiger partial charge in [0.15, 0.2) is 0 Å². The van der Waals surface area contributed by atoms with Crippen LogP contribution in [0.15, 0.2) is 12.2 Å². The monoisotopic (exact) mass is 293 g/mol. The number of ether oxygens (including phenoxy) is 1. The van der Waals surface area contributed by atoms with Crippen LogP contribution in [0, 0.1) is 29.1 Å². The van der Waals surface area contributed by atoms with Crippen molar-refractivity contribution in [1.29, 1.82) is 0 Å². The summed E-state index contributed by atoms with van der Waals surface area (Å²) in [5.74, 6) is -1.76. The van der Waals surface area contributed by atoms with Gasteiger partial charge in [-0.05, 0) is 36.5 Å². The molecule has 2 unspecified atom stereocenters. The van der Waals surface area contributed by atoms with Crippen LogP contribution in [0.5, 0.6) is 0 Å². The Balaban J connectivity index is 1.62. The average Bonchev–Trinajstić information content (AvgIpc) is 3.06. The van der Waals surface area contributed by atoms with Gasteiger partial charge in [-0.3, -0.25) is 9.59 Å². The molecule has 1 heterocycles. The number of nitrogens with one attached hydrogen (secondary N) is 1. The molecule has 0 aromatic carbocycles. The summed E-state index contributed by atoms with van der Waals surface area (Å²) in [5, 5.41) is 12.4. The van der Waals surface area contributed by atoms with Gasteiger partial charge in [0.05, 0.1) is 11.8 Å². The van der Waals surface area contributed by atoms with Crippen LogP contribution in [0.2, 0.25) is 0 Å². The molecule has 0 spiro atoms. The Labute approximate surface area is 124 Å². The van der Waals surface area contributed by atoms with E-state index < -0.39 is 17.8 Å². The molecular formula is C16H23NO4. The number of carbonyl (C=O) groups excluding carboxylic acids is 1. The molecule has 4 atom stereocenters. The minimum atomic E-state index is -0.843. The van der Waals surface area contributed by atoms with Crippen LogP contribution in [-0.2, 0) is 14.3 Å². The zero-order valence-corrected chi connectivity index (χ0v) is 12.4. The summed E-state index contributed by atoms with van der Waals surface area (Å²) in [7, 11) is 0. The zero-order chi connectivity index (χ0) is 15.0. The molecule has 0 aromatic heterocycles. The molecule has 2 bridgehead atoms. The molecule has 0 aromatic rings. The van der Waals surface area contributed by atoms with Crippen molar-refractivity contribution in [2.45, 2.75) is 26.2 Å². The van der Waals surface area contributed by atoms with Crippen molar-refractivity contribution >= 4 is 11.9 Å². The van der Waals surface area contributed by atoms with Crippen molar-refractivity contribution in [3.63, 3.8) is 0 Å². The third-order valence-electron chi connectivity index (χ3n) is 5.44. The lowest BCUT2D eigenvalue weighted by Gasteiger charge is -2.34. The molecule has 2 N–H and O–H groups in total. The van der Waals surface area contributed by atoms with Crippen molar-refractivity contribution in [2.24, 2.45) is 29.1 Å². The third-order valence-corrected chi connectivity index (χ3v) is 5.44. The zero-order valence-electron chi connectivity index (χ0n) is 12.4. The fraction of sp³-hybridized carbons (Fsp3) is 0.750. The summed E-state index contributed by atoms with van der Waals surface area (Å²) in [6, 6.07) is 0. The lowest BCUT2D eigenvalue weighted by molar-refractivity contribution is -0.148. The normalized spacial score (nSPS) is 36.6. The van der Waals surface area contributed by atoms with Gasteiger partial charge in [0.25, 0.3) is 0 Å². The Morgan fingerprint density at radius 1 is 1.24 bits per heavy atom. The molecule has 1 saturated heterocycles. The van der Waals surface area contributed by atoms with Crippen LogP contribution >= 0.6 is 0 Å². The Hall–Kier alpha value is -1.36. The molecule has 116 valence electrons. The van der Waals surface area contributed by atoms with E-state index in [1.165, 1.54) is 0 Å². The minimum absolute atomic E-state index is 0.0296. The highest BCUT2D eigenvalue weighted by molar-refractivity contribution is 5.86. The number of hydrogen-bond acceptors (Lipinski definition) is 3. The molecule has 21 heavy (non-hydrogen) atoms. The molecule has 3 rings (SSSR count). The molecule has 0 radical (unpaired) electrons. The SMILES string of the molecule is CC1(CNC(=O)[C@H]2C3C=CC(C3)[C@H]2C(=O)O)CCOCC1. The van der Waals surface area contributed by atoms with E-state index in [-0.39, 0.29) is 23.2 Å². The van der Waals surface area contributed by atoms with E-state index in [0.717, 1.165) is 32.5 Å². The van der Waals surface area contributed by atoms with Crippen LogP contribution in [-0.4, -0.2) is 36.7 Å². The molecule has 1 saturated carbocycles. The highest BCUT2D eigenvalue weighted by Gasteiger charge is 2.51. The molecule has 2 fully saturated rings. The molecule has 3 aliphatic rings. The van der Waals surface area contributed by atoms with E-state index in [4.69, 9.17) is 4.74 Å². The number of rotatable bonds is 4. The van der Waals surface area contributed by atoms with Gasteiger partial charge in [-0.15, -0.1) is 0 Å². The van der Waals surface area contributed by atoms with Crippen LogP contribution in [0.3, 0.4) is 0 Å². The van der Waals surface area contributed by atoms with E-state index >= 15 is 0 Å². The van der Waals surface area contributed by atoms with Gasteiger partial charge in [0, 0.05) is 19.8 Å². The van der Waals surface area contributed by atoms with Gasteiger partial charge in [0.2, 0.25) is 5.91 Å². The summed E-state index contributed by atoms with van der Waals surface area (Å²) in [4.78, 5) is 23.9. The predicted molar refractivity (Wildman–Crippen MR) is 76.5 cm³/mol. The first kappa shape index (κ1) is 14.6. The Morgan fingerprint density at radius 2 is 1.86 bits per heavy atom. The maximum Gasteiger partial charge on any atom is 0.307 e. The summed E-state index contributed by atoms with van der Waals surface area (Å²) < 4.78 is 5.36. The van der Waals surface area contributed by atoms with E-state index in [2.05, 4.69) is 12.2 Å². The number of fused-ring (bicyclic) bond motifs is 2. The van der Waals surface area contributed by atoms with Gasteiger partial charge < -0.3 is 15.2 Å². The summed E-state index contributed by atoms with van der Waals surface area (Å²) in [6.07, 6.45) is 6.66. The Kier molecular flexibility index (Phi) is 3.78. The molecule has 1 aliphatic heterocycles. The molecule has 2 aliphatic carbocycles. The fourth-order valence-corrected chi connectivity index (χ4v) is 3.98. The fourth-order valence-electron chi connectivity index (χ4n) is 3.98. The number of carboxylic acids is 1. The predicted octanol–water partition coefficient (Wildman–Crippen LogP) is 1.44. The largest absolute Gasteiger partial charge is 0.481 e.